The summed E-state index contributed by atoms with van der Waals surface area (Å²) >= 11 is 0. The van der Waals surface area contributed by atoms with E-state index in [1.54, 1.807) is 42.7 Å². The van der Waals surface area contributed by atoms with Gasteiger partial charge in [0.25, 0.3) is 5.91 Å². The van der Waals surface area contributed by atoms with Gasteiger partial charge in [-0.1, -0.05) is 18.7 Å². The van der Waals surface area contributed by atoms with Crippen LogP contribution >= 0.6 is 0 Å². The fourth-order valence-electron chi connectivity index (χ4n) is 2.87. The van der Waals surface area contributed by atoms with Gasteiger partial charge in [-0.25, -0.2) is 9.98 Å². The fourth-order valence-corrected chi connectivity index (χ4v) is 2.87. The number of hydrogen-bond donors (Lipinski definition) is 2. The monoisotopic (exact) mass is 440 g/mol. The Morgan fingerprint density at radius 3 is 2.66 bits per heavy atom. The Morgan fingerprint density at radius 2 is 1.84 bits per heavy atom. The maximum Gasteiger partial charge on any atom is 0.573 e. The average molecular weight is 440 g/mol. The van der Waals surface area contributed by atoms with E-state index < -0.39 is 18.0 Å². The molecule has 7 nitrogen and oxygen atoms in total. The molecule has 0 bridgehead atoms. The fraction of sp³-hybridized carbons (Fsp3) is 0.0455. The summed E-state index contributed by atoms with van der Waals surface area (Å²) in [5.41, 5.74) is 1.51. The lowest BCUT2D eigenvalue weighted by atomic mass is 10.2. The molecule has 3 aromatic rings. The van der Waals surface area contributed by atoms with Gasteiger partial charge in [0.05, 0.1) is 6.21 Å². The highest BCUT2D eigenvalue weighted by molar-refractivity contribution is 6.04. The zero-order chi connectivity index (χ0) is 22.7. The van der Waals surface area contributed by atoms with Crippen LogP contribution in [0.3, 0.4) is 0 Å². The molecule has 1 aliphatic heterocycles. The number of nitrogens with zero attached hydrogens (tertiary/aromatic N) is 2. The molecule has 1 amide bonds. The van der Waals surface area contributed by atoms with Crippen molar-refractivity contribution in [3.63, 3.8) is 0 Å². The molecule has 0 aliphatic carbocycles. The average Bonchev–Trinajstić information content (AvgIpc) is 2.73. The van der Waals surface area contributed by atoms with Crippen molar-refractivity contribution < 1.29 is 27.4 Å². The number of carbonyl (C=O) groups excluding carboxylic acids is 1. The Labute approximate surface area is 180 Å². The molecular weight excluding hydrogens is 425 g/mol. The lowest BCUT2D eigenvalue weighted by molar-refractivity contribution is -0.274. The Hall–Kier alpha value is -4.34. The Bertz CT molecular complexity index is 1230. The number of nitrogens with one attached hydrogen (secondary N) is 2. The van der Waals surface area contributed by atoms with Gasteiger partial charge in [0.2, 0.25) is 0 Å². The second-order valence-electron chi connectivity index (χ2n) is 6.58. The van der Waals surface area contributed by atoms with Gasteiger partial charge in [0.15, 0.2) is 11.6 Å². The van der Waals surface area contributed by atoms with Crippen molar-refractivity contribution in [3.8, 4) is 17.2 Å². The summed E-state index contributed by atoms with van der Waals surface area (Å²) in [6.07, 6.45) is -1.76. The number of carbonyl (C=O) groups is 1. The van der Waals surface area contributed by atoms with Crippen molar-refractivity contribution in [1.82, 2.24) is 4.98 Å². The highest BCUT2D eigenvalue weighted by Gasteiger charge is 2.31. The van der Waals surface area contributed by atoms with E-state index in [-0.39, 0.29) is 5.56 Å². The maximum atomic E-state index is 12.5. The Morgan fingerprint density at radius 1 is 1.06 bits per heavy atom. The summed E-state index contributed by atoms with van der Waals surface area (Å²) < 4.78 is 47.0. The van der Waals surface area contributed by atoms with Crippen LogP contribution in [0.5, 0.6) is 17.2 Å². The molecule has 0 atom stereocenters. The van der Waals surface area contributed by atoms with Crippen LogP contribution in [-0.2, 0) is 0 Å². The third-order valence-electron chi connectivity index (χ3n) is 4.17. The minimum Gasteiger partial charge on any atom is -0.455 e. The quantitative estimate of drug-likeness (QED) is 0.534. The molecule has 2 aromatic carbocycles. The number of anilines is 2. The number of benzene rings is 2. The minimum atomic E-state index is -4.85. The van der Waals surface area contributed by atoms with Crippen LogP contribution in [0.25, 0.3) is 0 Å². The molecule has 0 saturated heterocycles. The molecule has 0 fully saturated rings. The van der Waals surface area contributed by atoms with E-state index >= 15 is 0 Å². The number of pyridine rings is 1. The number of hydrogen-bond acceptors (Lipinski definition) is 6. The lowest BCUT2D eigenvalue weighted by Gasteiger charge is -2.17. The summed E-state index contributed by atoms with van der Waals surface area (Å²) in [6.45, 7) is 3.80. The second-order valence-corrected chi connectivity index (χ2v) is 6.58. The van der Waals surface area contributed by atoms with Gasteiger partial charge in [-0.3, -0.25) is 4.79 Å². The van der Waals surface area contributed by atoms with E-state index in [0.717, 1.165) is 12.1 Å². The first-order valence-electron chi connectivity index (χ1n) is 9.21. The number of amides is 1. The summed E-state index contributed by atoms with van der Waals surface area (Å²) in [5.74, 6) is 0.214. The molecule has 0 radical (unpaired) electrons. The number of aliphatic imine (C=N–C) groups is 1. The van der Waals surface area contributed by atoms with Crippen molar-refractivity contribution in [2.24, 2.45) is 4.99 Å². The first-order chi connectivity index (χ1) is 15.3. The number of alkyl halides is 3. The minimum absolute atomic E-state index is 0.00171. The van der Waals surface area contributed by atoms with Crippen molar-refractivity contribution >= 4 is 29.3 Å². The molecule has 162 valence electrons. The molecule has 4 rings (SSSR count). The van der Waals surface area contributed by atoms with Crippen molar-refractivity contribution in [2.45, 2.75) is 6.36 Å². The van der Waals surface area contributed by atoms with Gasteiger partial charge >= 0.3 is 6.36 Å². The van der Waals surface area contributed by atoms with Gasteiger partial charge in [0.1, 0.15) is 17.2 Å². The van der Waals surface area contributed by atoms with E-state index in [1.165, 1.54) is 12.1 Å². The van der Waals surface area contributed by atoms with Crippen LogP contribution < -0.4 is 20.1 Å². The highest BCUT2D eigenvalue weighted by Crippen LogP contribution is 2.38. The lowest BCUT2D eigenvalue weighted by Crippen LogP contribution is -2.18. The molecule has 0 spiro atoms. The molecule has 1 aliphatic rings. The standard InChI is InChI=1S/C22H15F3N4O3/c1-13-12-27-20-19(28-13)18(8-9-26-20)31-16-6-3-5-15(11-16)29-21(30)14-4-2-7-17(10-14)32-22(23,24)25/h2-12,28H,1H2,(H,29,30). The van der Waals surface area contributed by atoms with Crippen LogP contribution in [-0.4, -0.2) is 23.5 Å². The molecule has 10 heteroatoms. The molecule has 0 unspecified atom stereocenters. The Balaban J connectivity index is 1.50. The third-order valence-corrected chi connectivity index (χ3v) is 4.17. The number of allylic oxidation sites excluding steroid dienone is 1. The smallest absolute Gasteiger partial charge is 0.455 e. The third kappa shape index (κ3) is 5.04. The van der Waals surface area contributed by atoms with E-state index in [0.29, 0.717) is 34.4 Å². The van der Waals surface area contributed by atoms with Crippen molar-refractivity contribution in [2.75, 3.05) is 10.6 Å². The van der Waals surface area contributed by atoms with Gasteiger partial charge < -0.3 is 20.1 Å². The summed E-state index contributed by atoms with van der Waals surface area (Å²) in [7, 11) is 0. The normalized spacial score (nSPS) is 12.5. The summed E-state index contributed by atoms with van der Waals surface area (Å²) in [5, 5.41) is 5.67. The topological polar surface area (TPSA) is 84.8 Å². The zero-order valence-corrected chi connectivity index (χ0v) is 16.3. The first kappa shape index (κ1) is 20.9. The predicted octanol–water partition coefficient (Wildman–Crippen LogP) is 5.67. The van der Waals surface area contributed by atoms with Crippen molar-refractivity contribution in [1.29, 1.82) is 0 Å². The summed E-state index contributed by atoms with van der Waals surface area (Å²) in [6, 6.07) is 13.0. The molecule has 2 N–H and O–H groups in total. The molecule has 32 heavy (non-hydrogen) atoms. The molecular formula is C22H15F3N4O3. The first-order valence-corrected chi connectivity index (χ1v) is 9.21. The van der Waals surface area contributed by atoms with Crippen LogP contribution in [0, 0.1) is 0 Å². The van der Waals surface area contributed by atoms with E-state index in [1.807, 2.05) is 0 Å². The highest BCUT2D eigenvalue weighted by atomic mass is 19.4. The largest absolute Gasteiger partial charge is 0.573 e. The van der Waals surface area contributed by atoms with Gasteiger partial charge in [0, 0.05) is 35.3 Å². The van der Waals surface area contributed by atoms with E-state index in [2.05, 4.69) is 31.9 Å². The van der Waals surface area contributed by atoms with Crippen molar-refractivity contribution in [3.05, 3.63) is 78.6 Å². The van der Waals surface area contributed by atoms with Crippen LogP contribution in [0.2, 0.25) is 0 Å². The van der Waals surface area contributed by atoms with Gasteiger partial charge in [-0.05, 0) is 30.3 Å². The van der Waals surface area contributed by atoms with Crippen LogP contribution in [0.15, 0.2) is 78.1 Å². The van der Waals surface area contributed by atoms with Crippen LogP contribution in [0.4, 0.5) is 30.4 Å². The number of ether oxygens (including phenoxy) is 2. The molecule has 2 heterocycles. The van der Waals surface area contributed by atoms with E-state index in [9.17, 15) is 18.0 Å². The maximum absolute atomic E-state index is 12.5. The molecule has 0 saturated carbocycles. The molecule has 1 aromatic heterocycles. The SMILES string of the molecule is C=C1C=Nc2nccc(Oc3cccc(NC(=O)c4cccc(OC(F)(F)F)c4)c3)c2N1. The second kappa shape index (κ2) is 8.42. The van der Waals surface area contributed by atoms with Gasteiger partial charge in [-0.2, -0.15) is 0 Å². The number of aromatic nitrogens is 1. The Kier molecular flexibility index (Phi) is 5.50. The number of fused-ring (bicyclic) bond motifs is 1. The predicted molar refractivity (Wildman–Crippen MR) is 113 cm³/mol. The van der Waals surface area contributed by atoms with Gasteiger partial charge in [-0.15, -0.1) is 13.2 Å². The number of rotatable bonds is 5. The number of halogens is 3. The van der Waals surface area contributed by atoms with Crippen LogP contribution in [0.1, 0.15) is 10.4 Å². The zero-order valence-electron chi connectivity index (χ0n) is 16.3. The van der Waals surface area contributed by atoms with E-state index in [4.69, 9.17) is 4.74 Å². The summed E-state index contributed by atoms with van der Waals surface area (Å²) in [4.78, 5) is 20.8.